The minimum atomic E-state index is -0.354. The van der Waals surface area contributed by atoms with Crippen molar-refractivity contribution in [2.75, 3.05) is 19.6 Å². The molecule has 1 unspecified atom stereocenters. The topological polar surface area (TPSA) is 67.2 Å². The van der Waals surface area contributed by atoms with Crippen LogP contribution in [0, 0.1) is 5.82 Å². The highest BCUT2D eigenvalue weighted by Gasteiger charge is 2.30. The summed E-state index contributed by atoms with van der Waals surface area (Å²) in [5, 5.41) is 3.96. The van der Waals surface area contributed by atoms with E-state index >= 15 is 0 Å². The molecule has 0 bridgehead atoms. The van der Waals surface area contributed by atoms with E-state index in [1.54, 1.807) is 22.8 Å². The largest absolute Gasteiger partial charge is 0.354 e. The molecule has 8 heteroatoms. The molecule has 2 aliphatic rings. The molecule has 34 heavy (non-hydrogen) atoms. The highest BCUT2D eigenvalue weighted by molar-refractivity contribution is 6.31. The first-order chi connectivity index (χ1) is 16.5. The molecule has 1 aromatic heterocycles. The number of carbonyl (C=O) groups is 1. The summed E-state index contributed by atoms with van der Waals surface area (Å²) >= 11 is 6.35. The number of benzene rings is 2. The Labute approximate surface area is 202 Å². The van der Waals surface area contributed by atoms with Crippen molar-refractivity contribution in [3.8, 4) is 0 Å². The summed E-state index contributed by atoms with van der Waals surface area (Å²) in [4.78, 5) is 32.7. The third-order valence-electron chi connectivity index (χ3n) is 6.78. The van der Waals surface area contributed by atoms with Gasteiger partial charge in [-0.25, -0.2) is 9.37 Å². The summed E-state index contributed by atoms with van der Waals surface area (Å²) in [5.74, 6) is 0.142. The Hall–Kier alpha value is -2.77. The standard InChI is InChI=1S/C26H28ClFN4O2/c27-19-7-5-8-20(28)25(19)22(31-14-3-4-15-31)16-29-24(33)13-12-23-30-21-9-2-1-6-18(21)26(34)32(23)17-10-11-17/h1-2,5-9,17,22H,3-4,10-16H2,(H,29,33). The van der Waals surface area contributed by atoms with Crippen LogP contribution < -0.4 is 10.9 Å². The number of para-hydroxylation sites is 1. The van der Waals surface area contributed by atoms with Crippen molar-refractivity contribution in [3.63, 3.8) is 0 Å². The summed E-state index contributed by atoms with van der Waals surface area (Å²) in [6.45, 7) is 1.97. The number of nitrogens with one attached hydrogen (secondary N) is 1. The number of aryl methyl sites for hydroxylation is 1. The number of halogens is 2. The molecule has 178 valence electrons. The van der Waals surface area contributed by atoms with E-state index in [4.69, 9.17) is 16.6 Å². The number of hydrogen-bond donors (Lipinski definition) is 1. The summed E-state index contributed by atoms with van der Waals surface area (Å²) in [6.07, 6.45) is 4.58. The highest BCUT2D eigenvalue weighted by atomic mass is 35.5. The Bertz CT molecular complexity index is 1250. The van der Waals surface area contributed by atoms with Gasteiger partial charge in [-0.2, -0.15) is 0 Å². The van der Waals surface area contributed by atoms with Crippen molar-refractivity contribution in [1.82, 2.24) is 19.8 Å². The quantitative estimate of drug-likeness (QED) is 0.516. The minimum absolute atomic E-state index is 0.0354. The molecule has 5 rings (SSSR count). The number of likely N-dealkylation sites (tertiary alicyclic amines) is 1. The molecule has 2 heterocycles. The minimum Gasteiger partial charge on any atom is -0.354 e. The lowest BCUT2D eigenvalue weighted by atomic mass is 10.0. The number of fused-ring (bicyclic) bond motifs is 1. The zero-order chi connectivity index (χ0) is 23.7. The molecule has 1 amide bonds. The molecule has 2 fully saturated rings. The lowest BCUT2D eigenvalue weighted by Crippen LogP contribution is -2.37. The smallest absolute Gasteiger partial charge is 0.261 e. The fourth-order valence-electron chi connectivity index (χ4n) is 4.90. The molecule has 1 saturated heterocycles. The SMILES string of the molecule is O=C(CCc1nc2ccccc2c(=O)n1C1CC1)NCC(c1c(F)cccc1Cl)N1CCCC1. The van der Waals surface area contributed by atoms with E-state index in [2.05, 4.69) is 10.2 Å². The van der Waals surface area contributed by atoms with Crippen LogP contribution in [0.5, 0.6) is 0 Å². The van der Waals surface area contributed by atoms with Gasteiger partial charge in [0, 0.05) is 36.0 Å². The maximum Gasteiger partial charge on any atom is 0.261 e. The van der Waals surface area contributed by atoms with Gasteiger partial charge in [-0.1, -0.05) is 29.8 Å². The molecule has 1 aliphatic carbocycles. The lowest BCUT2D eigenvalue weighted by Gasteiger charge is -2.29. The van der Waals surface area contributed by atoms with Crippen molar-refractivity contribution >= 4 is 28.4 Å². The van der Waals surface area contributed by atoms with E-state index in [0.29, 0.717) is 33.7 Å². The van der Waals surface area contributed by atoms with E-state index < -0.39 is 0 Å². The van der Waals surface area contributed by atoms with Crippen molar-refractivity contribution in [2.45, 2.75) is 50.6 Å². The predicted molar refractivity (Wildman–Crippen MR) is 131 cm³/mol. The van der Waals surface area contributed by atoms with E-state index in [9.17, 15) is 14.0 Å². The number of hydrogen-bond acceptors (Lipinski definition) is 4. The van der Waals surface area contributed by atoms with Gasteiger partial charge < -0.3 is 5.32 Å². The van der Waals surface area contributed by atoms with E-state index in [0.717, 1.165) is 38.8 Å². The van der Waals surface area contributed by atoms with Crippen molar-refractivity contribution in [1.29, 1.82) is 0 Å². The van der Waals surface area contributed by atoms with Crippen LogP contribution in [-0.4, -0.2) is 40.0 Å². The second kappa shape index (κ2) is 9.84. The molecule has 0 spiro atoms. The molecule has 0 radical (unpaired) electrons. The molecule has 1 N–H and O–H groups in total. The third kappa shape index (κ3) is 4.72. The van der Waals surface area contributed by atoms with Crippen LogP contribution in [0.1, 0.15) is 55.6 Å². The van der Waals surface area contributed by atoms with Crippen molar-refractivity contribution in [2.24, 2.45) is 0 Å². The van der Waals surface area contributed by atoms with Gasteiger partial charge in [-0.15, -0.1) is 0 Å². The van der Waals surface area contributed by atoms with Crippen LogP contribution in [0.3, 0.4) is 0 Å². The fraction of sp³-hybridized carbons (Fsp3) is 0.423. The second-order valence-electron chi connectivity index (χ2n) is 9.15. The number of carbonyl (C=O) groups excluding carboxylic acids is 1. The number of rotatable bonds is 8. The molecule has 1 saturated carbocycles. The predicted octanol–water partition coefficient (Wildman–Crippen LogP) is 4.41. The van der Waals surface area contributed by atoms with Gasteiger partial charge >= 0.3 is 0 Å². The van der Waals surface area contributed by atoms with Gasteiger partial charge in [-0.3, -0.25) is 19.1 Å². The van der Waals surface area contributed by atoms with Crippen LogP contribution in [0.25, 0.3) is 10.9 Å². The van der Waals surface area contributed by atoms with E-state index in [1.165, 1.54) is 6.07 Å². The van der Waals surface area contributed by atoms with Gasteiger partial charge in [0.2, 0.25) is 5.91 Å². The summed E-state index contributed by atoms with van der Waals surface area (Å²) in [6, 6.07) is 11.9. The average molecular weight is 483 g/mol. The maximum atomic E-state index is 14.7. The molecule has 2 aromatic carbocycles. The Morgan fingerprint density at radius 2 is 1.91 bits per heavy atom. The first-order valence-electron chi connectivity index (χ1n) is 12.0. The molecule has 6 nitrogen and oxygen atoms in total. The molecule has 1 aliphatic heterocycles. The molecular weight excluding hydrogens is 455 g/mol. The summed E-state index contributed by atoms with van der Waals surface area (Å²) in [7, 11) is 0. The van der Waals surface area contributed by atoms with Crippen molar-refractivity contribution in [3.05, 3.63) is 75.0 Å². The van der Waals surface area contributed by atoms with Gasteiger partial charge in [-0.05, 0) is 63.0 Å². The third-order valence-corrected chi connectivity index (χ3v) is 7.11. The first kappa shape index (κ1) is 23.0. The lowest BCUT2D eigenvalue weighted by molar-refractivity contribution is -0.121. The number of amides is 1. The first-order valence-corrected chi connectivity index (χ1v) is 12.4. The van der Waals surface area contributed by atoms with Crippen LogP contribution in [0.4, 0.5) is 4.39 Å². The Kier molecular flexibility index (Phi) is 6.66. The van der Waals surface area contributed by atoms with Crippen LogP contribution in [0.15, 0.2) is 47.3 Å². The molecular formula is C26H28ClFN4O2. The van der Waals surface area contributed by atoms with Gasteiger partial charge in [0.05, 0.1) is 16.9 Å². The molecule has 3 aromatic rings. The van der Waals surface area contributed by atoms with Gasteiger partial charge in [0.1, 0.15) is 11.6 Å². The van der Waals surface area contributed by atoms with Gasteiger partial charge in [0.15, 0.2) is 0 Å². The van der Waals surface area contributed by atoms with Crippen molar-refractivity contribution < 1.29 is 9.18 Å². The van der Waals surface area contributed by atoms with Crippen LogP contribution in [0.2, 0.25) is 5.02 Å². The zero-order valence-corrected chi connectivity index (χ0v) is 19.7. The Balaban J connectivity index is 1.30. The Morgan fingerprint density at radius 3 is 2.65 bits per heavy atom. The maximum absolute atomic E-state index is 14.7. The number of nitrogens with zero attached hydrogens (tertiary/aromatic N) is 3. The zero-order valence-electron chi connectivity index (χ0n) is 19.0. The van der Waals surface area contributed by atoms with Gasteiger partial charge in [0.25, 0.3) is 5.56 Å². The Morgan fingerprint density at radius 1 is 1.15 bits per heavy atom. The number of aromatic nitrogens is 2. The van der Waals surface area contributed by atoms with Crippen LogP contribution >= 0.6 is 11.6 Å². The molecule has 1 atom stereocenters. The van der Waals surface area contributed by atoms with Crippen LogP contribution in [-0.2, 0) is 11.2 Å². The summed E-state index contributed by atoms with van der Waals surface area (Å²) in [5.41, 5.74) is 1.06. The van der Waals surface area contributed by atoms with E-state index in [-0.39, 0.29) is 42.3 Å². The monoisotopic (exact) mass is 482 g/mol. The van der Waals surface area contributed by atoms with E-state index in [1.807, 2.05) is 18.2 Å². The summed E-state index contributed by atoms with van der Waals surface area (Å²) < 4.78 is 16.4. The fourth-order valence-corrected chi connectivity index (χ4v) is 5.19. The average Bonchev–Trinajstić information content (AvgIpc) is 3.52. The second-order valence-corrected chi connectivity index (χ2v) is 9.56. The highest BCUT2D eigenvalue weighted by Crippen LogP contribution is 2.35. The normalized spacial score (nSPS) is 17.2.